The largest absolute Gasteiger partial charge is 0.507 e. The highest BCUT2D eigenvalue weighted by atomic mass is 16.7. The summed E-state index contributed by atoms with van der Waals surface area (Å²) in [6, 6.07) is 10.0. The SMILES string of the molecule is CC(=O)OC[C@H]1O[C@@H]([C@]2(OC(C)=O)C(O)=C(/C=C3/C(=O)C(C(=O)/C=C/c4ccc(OC(C)=O)cc4)=C(O)[C@](OC(C)=O)([C@@H]4O[C@H](COC(C)=O)[C@@H](OC(C)=O)[C@H](OC(C)=O)[C@H]4OC(C)=O)C3=O)C(=O)C(C(=O)/C=C/c3ccc(OC(C)=O)cc3)=C2O)[C@H](OC(C)=O)[C@@H](OC(C)=O)[C@@H]1OC(C)=O. The van der Waals surface area contributed by atoms with Crippen molar-refractivity contribution >= 4 is 113 Å². The van der Waals surface area contributed by atoms with Crippen LogP contribution in [0.3, 0.4) is 0 Å². The quantitative estimate of drug-likeness (QED) is 0.0472. The lowest BCUT2D eigenvalue weighted by Crippen LogP contribution is -2.72. The number of rotatable bonds is 23. The molecule has 2 heterocycles. The van der Waals surface area contributed by atoms with Gasteiger partial charge in [0.1, 0.15) is 48.1 Å². The first-order valence-corrected chi connectivity index (χ1v) is 29.9. The third kappa shape index (κ3) is 18.1. The van der Waals surface area contributed by atoms with Gasteiger partial charge >= 0.3 is 71.6 Å². The second-order valence-electron chi connectivity index (χ2n) is 22.4. The monoisotopic (exact) mass is 1410 g/mol. The molecule has 2 aromatic carbocycles. The van der Waals surface area contributed by atoms with Crippen molar-refractivity contribution in [3.05, 3.63) is 117 Å². The van der Waals surface area contributed by atoms with Gasteiger partial charge in [-0.15, -0.1) is 0 Å². The van der Waals surface area contributed by atoms with Gasteiger partial charge in [0.25, 0.3) is 11.2 Å². The summed E-state index contributed by atoms with van der Waals surface area (Å²) in [6.45, 7) is 7.47. The Kier molecular flexibility index (Phi) is 25.3. The van der Waals surface area contributed by atoms with E-state index in [0.29, 0.717) is 32.9 Å². The van der Waals surface area contributed by atoms with Gasteiger partial charge in [-0.05, 0) is 53.6 Å². The molecule has 12 atom stereocenters. The molecule has 34 nitrogen and oxygen atoms in total. The number of Topliss-reactive ketones (excluding diaryl/α,β-unsaturated/α-hetero) is 3. The minimum atomic E-state index is -4.03. The first-order chi connectivity index (χ1) is 47.2. The smallest absolute Gasteiger partial charge is 0.308 e. The molecule has 101 heavy (non-hydrogen) atoms. The normalized spacial score (nSPS) is 25.5. The van der Waals surface area contributed by atoms with Crippen LogP contribution >= 0.6 is 0 Å². The van der Waals surface area contributed by atoms with Crippen molar-refractivity contribution in [3.63, 3.8) is 0 Å². The molecular formula is C67H66O34. The van der Waals surface area contributed by atoms with Crippen LogP contribution in [0.1, 0.15) is 94.2 Å². The Balaban J connectivity index is 1.85. The molecule has 0 bridgehead atoms. The van der Waals surface area contributed by atoms with E-state index in [0.717, 1.165) is 74.5 Å². The first kappa shape index (κ1) is 78.2. The Morgan fingerprint density at radius 3 is 1.07 bits per heavy atom. The summed E-state index contributed by atoms with van der Waals surface area (Å²) in [5.74, 6) is -30.3. The number of benzene rings is 2. The van der Waals surface area contributed by atoms with Crippen molar-refractivity contribution in [3.8, 4) is 11.5 Å². The van der Waals surface area contributed by atoms with Gasteiger partial charge in [0.2, 0.25) is 17.3 Å². The van der Waals surface area contributed by atoms with Gasteiger partial charge in [-0.1, -0.05) is 36.4 Å². The number of ketones is 5. The zero-order chi connectivity index (χ0) is 75.4. The Morgan fingerprint density at radius 1 is 0.396 bits per heavy atom. The molecule has 0 amide bonds. The lowest BCUT2D eigenvalue weighted by Gasteiger charge is -2.50. The van der Waals surface area contributed by atoms with E-state index >= 15 is 24.0 Å². The molecule has 6 rings (SSSR count). The number of hydrogen-bond donors (Lipinski definition) is 3. The third-order valence-corrected chi connectivity index (χ3v) is 14.6. The number of carbonyl (C=O) groups is 17. The Hall–Kier alpha value is -11.8. The summed E-state index contributed by atoms with van der Waals surface area (Å²) in [5.41, 5.74) is -14.7. The second-order valence-corrected chi connectivity index (χ2v) is 22.4. The Morgan fingerprint density at radius 2 is 0.723 bits per heavy atom. The van der Waals surface area contributed by atoms with E-state index in [1.807, 2.05) is 0 Å². The van der Waals surface area contributed by atoms with E-state index in [-0.39, 0.29) is 28.7 Å². The highest BCUT2D eigenvalue weighted by molar-refractivity contribution is 6.42. The van der Waals surface area contributed by atoms with Crippen molar-refractivity contribution in [2.24, 2.45) is 0 Å². The molecule has 34 heteroatoms. The number of ether oxygens (including phenoxy) is 14. The molecular weight excluding hydrogens is 1350 g/mol. The van der Waals surface area contributed by atoms with E-state index in [9.17, 15) is 72.9 Å². The van der Waals surface area contributed by atoms with E-state index < -0.39 is 226 Å². The van der Waals surface area contributed by atoms with Crippen LogP contribution in [0, 0.1) is 0 Å². The molecule has 2 fully saturated rings. The highest BCUT2D eigenvalue weighted by Gasteiger charge is 2.70. The molecule has 0 aromatic heterocycles. The number of carbonyl (C=O) groups excluding carboxylic acids is 17. The molecule has 0 unspecified atom stereocenters. The highest BCUT2D eigenvalue weighted by Crippen LogP contribution is 2.49. The lowest BCUT2D eigenvalue weighted by atomic mass is 9.70. The summed E-state index contributed by atoms with van der Waals surface area (Å²) < 4.78 is 77.8. The summed E-state index contributed by atoms with van der Waals surface area (Å²) in [7, 11) is 0. The van der Waals surface area contributed by atoms with Crippen LogP contribution in [0.4, 0.5) is 0 Å². The standard InChI is InChI=1S/C67H66O34/c1-28(68)88-26-48-54(92-32(5)72)56(94-34(7)74)58(96-36(9)76)64(98-48)66(100-38(11)78)60(84)44(52(82)50(62(66)86)46(80)23-17-40-13-19-42(20-14-40)90-30(3)70)25-45-53(83)51(47(81)24-18-41-15-21-43(22-16-41)91-31(4)71)63(87)67(61(45)85,101-39(12)79)65-59(97-37(10)77)57(95-35(8)75)55(93-33(6)73)49(99-65)27-89-29(2)69/h13-25,48-49,54-59,64-65,84,86-87H,26-27H2,1-12H3/b23-17+,24-18+,45-25-/t48-,49-,54-,55-,56+,57+,58-,59-,64-,65-,66+,67+/m1/s1. The summed E-state index contributed by atoms with van der Waals surface area (Å²) in [4.78, 5) is 233. The molecule has 2 aliphatic heterocycles. The Labute approximate surface area is 571 Å². The van der Waals surface area contributed by atoms with Crippen LogP contribution in [-0.4, -0.2) is 201 Å². The van der Waals surface area contributed by atoms with Crippen molar-refractivity contribution in [2.75, 3.05) is 13.2 Å². The van der Waals surface area contributed by atoms with Gasteiger partial charge in [-0.25, -0.2) is 0 Å². The average Bonchev–Trinajstić information content (AvgIpc) is 0.709. The summed E-state index contributed by atoms with van der Waals surface area (Å²) in [5, 5.41) is 39.1. The van der Waals surface area contributed by atoms with Gasteiger partial charge in [0.15, 0.2) is 77.7 Å². The number of hydrogen-bond acceptors (Lipinski definition) is 34. The second kappa shape index (κ2) is 32.7. The summed E-state index contributed by atoms with van der Waals surface area (Å²) >= 11 is 0. The van der Waals surface area contributed by atoms with Crippen LogP contribution < -0.4 is 9.47 Å². The summed E-state index contributed by atoms with van der Waals surface area (Å²) in [6.07, 6.45) is -21.0. The van der Waals surface area contributed by atoms with Gasteiger partial charge in [-0.2, -0.15) is 0 Å². The molecule has 0 saturated carbocycles. The number of aliphatic hydroxyl groups is 3. The molecule has 0 radical (unpaired) electrons. The van der Waals surface area contributed by atoms with E-state index in [1.165, 1.54) is 48.5 Å². The third-order valence-electron chi connectivity index (χ3n) is 14.6. The van der Waals surface area contributed by atoms with E-state index in [1.54, 1.807) is 0 Å². The van der Waals surface area contributed by atoms with Crippen molar-refractivity contribution in [1.82, 2.24) is 0 Å². The van der Waals surface area contributed by atoms with Crippen molar-refractivity contribution in [1.29, 1.82) is 0 Å². The minimum absolute atomic E-state index is 0.00639. The maximum absolute atomic E-state index is 16.4. The van der Waals surface area contributed by atoms with Crippen molar-refractivity contribution in [2.45, 2.75) is 155 Å². The molecule has 2 aromatic rings. The average molecular weight is 1420 g/mol. The first-order valence-electron chi connectivity index (χ1n) is 29.9. The minimum Gasteiger partial charge on any atom is -0.507 e. The van der Waals surface area contributed by atoms with E-state index in [4.69, 9.17) is 66.3 Å². The molecule has 2 saturated heterocycles. The maximum atomic E-state index is 16.4. The topological polar surface area (TPSA) is 480 Å². The van der Waals surface area contributed by atoms with Gasteiger partial charge in [-0.3, -0.25) is 81.5 Å². The Bertz CT molecular complexity index is 3990. The van der Waals surface area contributed by atoms with Gasteiger partial charge in [0.05, 0.1) is 11.1 Å². The van der Waals surface area contributed by atoms with Crippen LogP contribution in [0.5, 0.6) is 11.5 Å². The van der Waals surface area contributed by atoms with Crippen molar-refractivity contribution < 1.29 is 163 Å². The molecule has 4 aliphatic rings. The molecule has 538 valence electrons. The fourth-order valence-corrected chi connectivity index (χ4v) is 11.1. The number of allylic oxidation sites excluding steroid dienone is 6. The molecule has 3 N–H and O–H groups in total. The van der Waals surface area contributed by atoms with Crippen LogP contribution in [0.15, 0.2) is 106 Å². The van der Waals surface area contributed by atoms with E-state index in [2.05, 4.69) is 0 Å². The maximum Gasteiger partial charge on any atom is 0.308 e. The number of aliphatic hydroxyl groups excluding tert-OH is 3. The fraction of sp³-hybridized carbons (Fsp3) is 0.388. The fourth-order valence-electron chi connectivity index (χ4n) is 11.1. The van der Waals surface area contributed by atoms with Crippen LogP contribution in [-0.2, 0) is 138 Å². The lowest BCUT2D eigenvalue weighted by molar-refractivity contribution is -0.280. The zero-order valence-corrected chi connectivity index (χ0v) is 55.7. The van der Waals surface area contributed by atoms with Gasteiger partial charge in [0, 0.05) is 83.1 Å². The van der Waals surface area contributed by atoms with Crippen LogP contribution in [0.2, 0.25) is 0 Å². The predicted molar refractivity (Wildman–Crippen MR) is 329 cm³/mol. The molecule has 2 aliphatic carbocycles. The van der Waals surface area contributed by atoms with Crippen LogP contribution in [0.25, 0.3) is 12.2 Å². The number of esters is 12. The predicted octanol–water partition coefficient (Wildman–Crippen LogP) is 2.35. The zero-order valence-electron chi connectivity index (χ0n) is 55.7. The molecule has 0 spiro atoms. The van der Waals surface area contributed by atoms with Gasteiger partial charge < -0.3 is 81.6 Å².